The number of piperidine rings is 2. The summed E-state index contributed by atoms with van der Waals surface area (Å²) in [7, 11) is 0. The summed E-state index contributed by atoms with van der Waals surface area (Å²) in [6, 6.07) is 2.76. The third kappa shape index (κ3) is 2.98. The number of fused-ring (bicyclic) bond motifs is 2. The highest BCUT2D eigenvalue weighted by Gasteiger charge is 2.34. The van der Waals surface area contributed by atoms with Gasteiger partial charge in [-0.05, 0) is 37.3 Å². The van der Waals surface area contributed by atoms with Crippen LogP contribution in [0.4, 0.5) is 13.2 Å². The van der Waals surface area contributed by atoms with Gasteiger partial charge in [0.05, 0.1) is 0 Å². The molecule has 0 radical (unpaired) electrons. The zero-order valence-electron chi connectivity index (χ0n) is 11.7. The molecule has 1 aromatic rings. The van der Waals surface area contributed by atoms with Gasteiger partial charge >= 0.3 is 0 Å². The van der Waals surface area contributed by atoms with Crippen LogP contribution in [-0.2, 0) is 11.2 Å². The number of benzene rings is 1. The molecular weight excluding hydrogens is 279 g/mol. The molecule has 2 fully saturated rings. The fourth-order valence-electron chi connectivity index (χ4n) is 3.56. The molecule has 2 saturated heterocycles. The summed E-state index contributed by atoms with van der Waals surface area (Å²) in [6.45, 7) is 0. The molecule has 2 atom stereocenters. The first-order valence-electron chi connectivity index (χ1n) is 7.45. The van der Waals surface area contributed by atoms with E-state index in [2.05, 4.69) is 5.32 Å². The molecule has 2 bridgehead atoms. The first kappa shape index (κ1) is 14.6. The lowest BCUT2D eigenvalue weighted by molar-refractivity contribution is -0.124. The largest absolute Gasteiger partial charge is 0.311 e. The van der Waals surface area contributed by atoms with E-state index < -0.39 is 17.5 Å². The van der Waals surface area contributed by atoms with Crippen LogP contribution in [0.1, 0.15) is 37.7 Å². The Morgan fingerprint density at radius 2 is 1.76 bits per heavy atom. The summed E-state index contributed by atoms with van der Waals surface area (Å²) < 4.78 is 39.7. The third-order valence-corrected chi connectivity index (χ3v) is 4.65. The first-order chi connectivity index (χ1) is 10.0. The monoisotopic (exact) mass is 297 g/mol. The highest BCUT2D eigenvalue weighted by atomic mass is 19.2. The van der Waals surface area contributed by atoms with Gasteiger partial charge in [-0.3, -0.25) is 4.79 Å². The van der Waals surface area contributed by atoms with Gasteiger partial charge < -0.3 is 5.32 Å². The number of hydrogen-bond donors (Lipinski definition) is 1. The standard InChI is InChI=1S/C16H18F3NO/c17-13-5-4-9(15(18)16(13)19)8-14(21)10-6-11-2-1-3-12(7-10)20-11/h4-5,10-12,20H,1-3,6-8H2. The number of carbonyl (C=O) groups excluding carboxylic acids is 1. The highest BCUT2D eigenvalue weighted by molar-refractivity contribution is 5.83. The maximum atomic E-state index is 13.6. The number of rotatable bonds is 3. The van der Waals surface area contributed by atoms with Gasteiger partial charge in [0, 0.05) is 24.4 Å². The summed E-state index contributed by atoms with van der Waals surface area (Å²) in [5.74, 6) is -4.13. The van der Waals surface area contributed by atoms with Crippen LogP contribution in [0.3, 0.4) is 0 Å². The van der Waals surface area contributed by atoms with Crippen molar-refractivity contribution in [2.45, 2.75) is 50.6 Å². The summed E-state index contributed by atoms with van der Waals surface area (Å²) in [6.07, 6.45) is 4.69. The Hall–Kier alpha value is -1.36. The van der Waals surface area contributed by atoms with E-state index in [1.54, 1.807) is 0 Å². The second kappa shape index (κ2) is 5.79. The molecule has 2 heterocycles. The van der Waals surface area contributed by atoms with Crippen molar-refractivity contribution >= 4 is 5.78 Å². The Balaban J connectivity index is 1.70. The molecule has 2 aliphatic heterocycles. The molecule has 0 aromatic heterocycles. The van der Waals surface area contributed by atoms with Crippen LogP contribution in [-0.4, -0.2) is 17.9 Å². The van der Waals surface area contributed by atoms with Gasteiger partial charge in [0.1, 0.15) is 5.78 Å². The summed E-state index contributed by atoms with van der Waals surface area (Å²) in [5, 5.41) is 3.49. The Labute approximate surface area is 121 Å². The molecule has 21 heavy (non-hydrogen) atoms. The molecule has 0 saturated carbocycles. The Morgan fingerprint density at radius 3 is 2.43 bits per heavy atom. The van der Waals surface area contributed by atoms with E-state index in [1.165, 1.54) is 6.42 Å². The predicted octanol–water partition coefficient (Wildman–Crippen LogP) is 3.14. The molecule has 114 valence electrons. The number of carbonyl (C=O) groups is 1. The van der Waals surface area contributed by atoms with Crippen LogP contribution in [0, 0.1) is 23.4 Å². The zero-order chi connectivity index (χ0) is 15.0. The lowest BCUT2D eigenvalue weighted by atomic mass is 9.77. The SMILES string of the molecule is O=C(Cc1ccc(F)c(F)c1F)C1CC2CCCC(C1)N2. The van der Waals surface area contributed by atoms with Gasteiger partial charge in [-0.1, -0.05) is 12.5 Å². The van der Waals surface area contributed by atoms with Crippen molar-refractivity contribution < 1.29 is 18.0 Å². The molecule has 1 N–H and O–H groups in total. The van der Waals surface area contributed by atoms with Crippen molar-refractivity contribution in [3.63, 3.8) is 0 Å². The number of nitrogens with one attached hydrogen (secondary N) is 1. The van der Waals surface area contributed by atoms with Gasteiger partial charge in [-0.2, -0.15) is 0 Å². The van der Waals surface area contributed by atoms with Crippen molar-refractivity contribution in [2.24, 2.45) is 5.92 Å². The lowest BCUT2D eigenvalue weighted by Crippen LogP contribution is -2.50. The van der Waals surface area contributed by atoms with Gasteiger partial charge in [-0.15, -0.1) is 0 Å². The van der Waals surface area contributed by atoms with Crippen molar-refractivity contribution in [1.29, 1.82) is 0 Å². The number of halogens is 3. The Bertz CT molecular complexity index is 549. The maximum Gasteiger partial charge on any atom is 0.194 e. The molecular formula is C16H18F3NO. The Morgan fingerprint density at radius 1 is 1.10 bits per heavy atom. The number of hydrogen-bond acceptors (Lipinski definition) is 2. The molecule has 0 aliphatic carbocycles. The summed E-state index contributed by atoms with van der Waals surface area (Å²) in [4.78, 5) is 12.3. The average molecular weight is 297 g/mol. The average Bonchev–Trinajstić information content (AvgIpc) is 2.47. The fourth-order valence-corrected chi connectivity index (χ4v) is 3.56. The van der Waals surface area contributed by atoms with E-state index in [-0.39, 0.29) is 23.7 Å². The van der Waals surface area contributed by atoms with Gasteiger partial charge in [-0.25, -0.2) is 13.2 Å². The minimum atomic E-state index is -1.50. The molecule has 0 amide bonds. The Kier molecular flexibility index (Phi) is 4.02. The van der Waals surface area contributed by atoms with Crippen LogP contribution < -0.4 is 5.32 Å². The molecule has 2 aliphatic rings. The van der Waals surface area contributed by atoms with E-state index in [1.807, 2.05) is 0 Å². The van der Waals surface area contributed by atoms with Crippen molar-refractivity contribution in [1.82, 2.24) is 5.32 Å². The minimum Gasteiger partial charge on any atom is -0.311 e. The summed E-state index contributed by atoms with van der Waals surface area (Å²) in [5.41, 5.74) is -0.0532. The smallest absolute Gasteiger partial charge is 0.194 e. The van der Waals surface area contributed by atoms with Gasteiger partial charge in [0.25, 0.3) is 0 Å². The quantitative estimate of drug-likeness (QED) is 0.869. The van der Waals surface area contributed by atoms with Crippen molar-refractivity contribution in [3.05, 3.63) is 35.1 Å². The normalized spacial score (nSPS) is 28.4. The molecule has 0 spiro atoms. The lowest BCUT2D eigenvalue weighted by Gasteiger charge is -2.39. The van der Waals surface area contributed by atoms with Crippen molar-refractivity contribution in [3.8, 4) is 0 Å². The second-order valence-corrected chi connectivity index (χ2v) is 6.14. The fraction of sp³-hybridized carbons (Fsp3) is 0.562. The van der Waals surface area contributed by atoms with E-state index in [0.717, 1.165) is 37.8 Å². The van der Waals surface area contributed by atoms with E-state index in [4.69, 9.17) is 0 Å². The predicted molar refractivity (Wildman–Crippen MR) is 72.3 cm³/mol. The number of Topliss-reactive ketones (excluding diaryl/α,β-unsaturated/α-hetero) is 1. The summed E-state index contributed by atoms with van der Waals surface area (Å²) >= 11 is 0. The van der Waals surface area contributed by atoms with E-state index in [9.17, 15) is 18.0 Å². The van der Waals surface area contributed by atoms with Crippen LogP contribution in [0.25, 0.3) is 0 Å². The highest BCUT2D eigenvalue weighted by Crippen LogP contribution is 2.31. The molecule has 3 rings (SSSR count). The van der Waals surface area contributed by atoms with E-state index in [0.29, 0.717) is 12.1 Å². The van der Waals surface area contributed by atoms with Gasteiger partial charge in [0.2, 0.25) is 0 Å². The molecule has 2 nitrogen and oxygen atoms in total. The van der Waals surface area contributed by atoms with Crippen LogP contribution in [0.5, 0.6) is 0 Å². The van der Waals surface area contributed by atoms with Crippen LogP contribution >= 0.6 is 0 Å². The topological polar surface area (TPSA) is 29.1 Å². The van der Waals surface area contributed by atoms with Crippen molar-refractivity contribution in [2.75, 3.05) is 0 Å². The van der Waals surface area contributed by atoms with E-state index >= 15 is 0 Å². The molecule has 1 aromatic carbocycles. The minimum absolute atomic E-state index is 0.0532. The first-order valence-corrected chi connectivity index (χ1v) is 7.45. The van der Waals surface area contributed by atoms with Crippen LogP contribution in [0.15, 0.2) is 12.1 Å². The van der Waals surface area contributed by atoms with Gasteiger partial charge in [0.15, 0.2) is 17.5 Å². The zero-order valence-corrected chi connectivity index (χ0v) is 11.7. The number of ketones is 1. The third-order valence-electron chi connectivity index (χ3n) is 4.65. The molecule has 2 unspecified atom stereocenters. The maximum absolute atomic E-state index is 13.6. The van der Waals surface area contributed by atoms with Crippen LogP contribution in [0.2, 0.25) is 0 Å². The second-order valence-electron chi connectivity index (χ2n) is 6.14. The molecule has 5 heteroatoms.